The van der Waals surface area contributed by atoms with E-state index in [1.807, 2.05) is 0 Å². The van der Waals surface area contributed by atoms with E-state index in [1.54, 1.807) is 42.5 Å². The van der Waals surface area contributed by atoms with Crippen LogP contribution in [-0.2, 0) is 10.4 Å². The Morgan fingerprint density at radius 1 is 1.16 bits per heavy atom. The summed E-state index contributed by atoms with van der Waals surface area (Å²) >= 11 is 6.66. The van der Waals surface area contributed by atoms with Crippen molar-refractivity contribution in [2.75, 3.05) is 11.4 Å². The average Bonchev–Trinajstić information content (AvgIpc) is 2.77. The number of ketones is 1. The van der Waals surface area contributed by atoms with Gasteiger partial charge in [0, 0.05) is 20.1 Å². The van der Waals surface area contributed by atoms with Crippen molar-refractivity contribution in [3.05, 3.63) is 62.5 Å². The Morgan fingerprint density at radius 2 is 1.80 bits per heavy atom. The smallest absolute Gasteiger partial charge is 0.265 e. The molecule has 1 amide bonds. The van der Waals surface area contributed by atoms with Crippen LogP contribution in [0.4, 0.5) is 5.69 Å². The number of fused-ring (bicyclic) bond motifs is 1. The van der Waals surface area contributed by atoms with Gasteiger partial charge >= 0.3 is 0 Å². The average molecular weight is 463 g/mol. The molecule has 1 aliphatic heterocycles. The molecule has 1 heterocycles. The van der Waals surface area contributed by atoms with Crippen LogP contribution in [0.15, 0.2) is 51.4 Å². The molecule has 0 fully saturated rings. The van der Waals surface area contributed by atoms with Crippen molar-refractivity contribution in [2.24, 2.45) is 0 Å². The quantitative estimate of drug-likeness (QED) is 0.557. The lowest BCUT2D eigenvalue weighted by atomic mass is 9.88. The number of terminal acetylenes is 1. The van der Waals surface area contributed by atoms with Gasteiger partial charge in [-0.1, -0.05) is 49.9 Å². The van der Waals surface area contributed by atoms with E-state index in [0.717, 1.165) is 4.47 Å². The summed E-state index contributed by atoms with van der Waals surface area (Å²) in [6.45, 7) is 0.0300. The number of benzene rings is 2. The molecule has 1 atom stereocenters. The summed E-state index contributed by atoms with van der Waals surface area (Å²) in [5.41, 5.74) is -0.596. The fourth-order valence-electron chi connectivity index (χ4n) is 2.91. The Kier molecular flexibility index (Phi) is 4.83. The number of amides is 1. The highest BCUT2D eigenvalue weighted by atomic mass is 79.9. The number of rotatable bonds is 4. The number of halogens is 2. The van der Waals surface area contributed by atoms with E-state index in [1.165, 1.54) is 4.90 Å². The maximum atomic E-state index is 12.8. The minimum atomic E-state index is -1.93. The van der Waals surface area contributed by atoms with E-state index >= 15 is 0 Å². The minimum absolute atomic E-state index is 0.0300. The lowest BCUT2D eigenvalue weighted by Gasteiger charge is -2.22. The van der Waals surface area contributed by atoms with Gasteiger partial charge in [0.1, 0.15) is 0 Å². The molecule has 0 spiro atoms. The van der Waals surface area contributed by atoms with Gasteiger partial charge in [0.2, 0.25) is 0 Å². The zero-order valence-corrected chi connectivity index (χ0v) is 16.2. The third-order valence-electron chi connectivity index (χ3n) is 4.13. The molecule has 2 aromatic carbocycles. The first-order chi connectivity index (χ1) is 11.9. The van der Waals surface area contributed by atoms with Crippen molar-refractivity contribution in [3.8, 4) is 12.3 Å². The van der Waals surface area contributed by atoms with Crippen molar-refractivity contribution in [2.45, 2.75) is 12.0 Å². The Hall–Kier alpha value is -1.94. The third kappa shape index (κ3) is 3.15. The first-order valence-electron chi connectivity index (χ1n) is 7.43. The van der Waals surface area contributed by atoms with Gasteiger partial charge in [0.05, 0.1) is 18.7 Å². The number of anilines is 1. The van der Waals surface area contributed by atoms with Gasteiger partial charge in [-0.3, -0.25) is 14.5 Å². The molecule has 1 unspecified atom stereocenters. The molecule has 0 radical (unpaired) electrons. The maximum absolute atomic E-state index is 12.8. The van der Waals surface area contributed by atoms with E-state index in [-0.39, 0.29) is 18.7 Å². The Morgan fingerprint density at radius 3 is 2.44 bits per heavy atom. The van der Waals surface area contributed by atoms with Crippen LogP contribution < -0.4 is 4.90 Å². The third-order valence-corrected chi connectivity index (χ3v) is 5.15. The van der Waals surface area contributed by atoms with Gasteiger partial charge in [-0.25, -0.2) is 0 Å². The molecule has 0 aromatic heterocycles. The van der Waals surface area contributed by atoms with Crippen LogP contribution in [-0.4, -0.2) is 23.3 Å². The van der Waals surface area contributed by atoms with Crippen LogP contribution in [0, 0.1) is 12.3 Å². The molecule has 0 bridgehead atoms. The molecule has 1 aliphatic rings. The lowest BCUT2D eigenvalue weighted by molar-refractivity contribution is -0.135. The maximum Gasteiger partial charge on any atom is 0.265 e. The highest BCUT2D eigenvalue weighted by Gasteiger charge is 2.50. The largest absolute Gasteiger partial charge is 0.375 e. The number of aliphatic hydroxyl groups is 1. The minimum Gasteiger partial charge on any atom is -0.375 e. The summed E-state index contributed by atoms with van der Waals surface area (Å²) in [6.07, 6.45) is 5.00. The Bertz CT molecular complexity index is 902. The van der Waals surface area contributed by atoms with Gasteiger partial charge in [-0.05, 0) is 30.3 Å². The molecule has 25 heavy (non-hydrogen) atoms. The second kappa shape index (κ2) is 6.75. The van der Waals surface area contributed by atoms with Crippen molar-refractivity contribution < 1.29 is 14.7 Å². The second-order valence-electron chi connectivity index (χ2n) is 5.72. The summed E-state index contributed by atoms with van der Waals surface area (Å²) in [7, 11) is 0. The number of nitrogens with zero attached hydrogens (tertiary/aromatic N) is 1. The zero-order chi connectivity index (χ0) is 18.2. The van der Waals surface area contributed by atoms with Crippen LogP contribution in [0.5, 0.6) is 0 Å². The summed E-state index contributed by atoms with van der Waals surface area (Å²) in [5, 5.41) is 11.1. The van der Waals surface area contributed by atoms with Gasteiger partial charge in [0.25, 0.3) is 5.91 Å². The van der Waals surface area contributed by atoms with E-state index in [4.69, 9.17) is 6.42 Å². The van der Waals surface area contributed by atoms with Crippen LogP contribution in [0.25, 0.3) is 0 Å². The van der Waals surface area contributed by atoms with Crippen molar-refractivity contribution in [1.82, 2.24) is 0 Å². The first-order valence-corrected chi connectivity index (χ1v) is 9.02. The van der Waals surface area contributed by atoms with E-state index in [2.05, 4.69) is 37.8 Å². The molecule has 3 rings (SSSR count). The predicted octanol–water partition coefficient (Wildman–Crippen LogP) is 3.65. The molecule has 0 aliphatic carbocycles. The van der Waals surface area contributed by atoms with Crippen molar-refractivity contribution in [3.63, 3.8) is 0 Å². The van der Waals surface area contributed by atoms with Crippen molar-refractivity contribution >= 4 is 49.2 Å². The van der Waals surface area contributed by atoms with Crippen LogP contribution in [0.2, 0.25) is 0 Å². The molecular formula is C19H13Br2NO3. The topological polar surface area (TPSA) is 57.6 Å². The molecule has 6 heteroatoms. The first kappa shape index (κ1) is 17.9. The standard InChI is InChI=1S/C19H13Br2NO3/c1-2-9-22-16-8-7-14(21)10-15(16)19(25,18(22)24)11-17(23)12-3-5-13(20)6-4-12/h1,3-8,10,25H,9,11H2. The highest BCUT2D eigenvalue weighted by Crippen LogP contribution is 2.44. The summed E-state index contributed by atoms with van der Waals surface area (Å²) in [4.78, 5) is 26.8. The SMILES string of the molecule is C#CCN1C(=O)C(O)(CC(=O)c2ccc(Br)cc2)c2cc(Br)ccc21. The van der Waals surface area contributed by atoms with E-state index < -0.39 is 11.5 Å². The van der Waals surface area contributed by atoms with Crippen LogP contribution >= 0.6 is 31.9 Å². The second-order valence-corrected chi connectivity index (χ2v) is 7.56. The fourth-order valence-corrected chi connectivity index (χ4v) is 3.54. The lowest BCUT2D eigenvalue weighted by Crippen LogP contribution is -2.42. The normalized spacial score (nSPS) is 18.8. The summed E-state index contributed by atoms with van der Waals surface area (Å²) in [5.74, 6) is 1.51. The fraction of sp³-hybridized carbons (Fsp3) is 0.158. The van der Waals surface area contributed by atoms with Gasteiger partial charge in [-0.15, -0.1) is 6.42 Å². The van der Waals surface area contributed by atoms with Gasteiger partial charge < -0.3 is 5.11 Å². The summed E-state index contributed by atoms with van der Waals surface area (Å²) < 4.78 is 1.55. The van der Waals surface area contributed by atoms with E-state index in [9.17, 15) is 14.7 Å². The molecule has 2 aromatic rings. The van der Waals surface area contributed by atoms with Gasteiger partial charge in [-0.2, -0.15) is 0 Å². The summed E-state index contributed by atoms with van der Waals surface area (Å²) in [6, 6.07) is 11.9. The van der Waals surface area contributed by atoms with Crippen molar-refractivity contribution in [1.29, 1.82) is 0 Å². The number of hydrogen-bond acceptors (Lipinski definition) is 3. The van der Waals surface area contributed by atoms with Gasteiger partial charge in [0.15, 0.2) is 11.4 Å². The highest BCUT2D eigenvalue weighted by molar-refractivity contribution is 9.10. The number of carbonyl (C=O) groups excluding carboxylic acids is 2. The zero-order valence-electron chi connectivity index (χ0n) is 13.0. The number of hydrogen-bond donors (Lipinski definition) is 1. The molecule has 0 saturated heterocycles. The number of carbonyl (C=O) groups is 2. The number of Topliss-reactive ketones (excluding diaryl/α,β-unsaturated/α-hetero) is 1. The molecule has 126 valence electrons. The van der Waals surface area contributed by atoms with Crippen LogP contribution in [0.1, 0.15) is 22.3 Å². The van der Waals surface area contributed by atoms with E-state index in [0.29, 0.717) is 21.3 Å². The van der Waals surface area contributed by atoms with Crippen LogP contribution in [0.3, 0.4) is 0 Å². The monoisotopic (exact) mass is 461 g/mol. The Labute approximate surface area is 162 Å². The molecular weight excluding hydrogens is 450 g/mol. The predicted molar refractivity (Wildman–Crippen MR) is 102 cm³/mol. The molecule has 4 nitrogen and oxygen atoms in total. The molecule has 1 N–H and O–H groups in total. The Balaban J connectivity index is 2.01. The molecule has 0 saturated carbocycles.